The van der Waals surface area contributed by atoms with Gasteiger partial charge in [-0.1, -0.05) is 15.9 Å². The molecule has 0 aliphatic carbocycles. The lowest BCUT2D eigenvalue weighted by atomic mass is 10.1. The minimum atomic E-state index is 0.258. The summed E-state index contributed by atoms with van der Waals surface area (Å²) >= 11 is 5.07. The second kappa shape index (κ2) is 3.23. The van der Waals surface area contributed by atoms with Crippen molar-refractivity contribution in [1.82, 2.24) is 0 Å². The molecule has 0 fully saturated rings. The molecule has 0 atom stereocenters. The SMILES string of the molecule is O=C1CSCc2cc(Br)ccc21. The molecule has 0 unspecified atom stereocenters. The summed E-state index contributed by atoms with van der Waals surface area (Å²) in [5.41, 5.74) is 2.06. The van der Waals surface area contributed by atoms with E-state index in [1.165, 1.54) is 0 Å². The third kappa shape index (κ3) is 1.43. The van der Waals surface area contributed by atoms with Crippen LogP contribution in [0.15, 0.2) is 22.7 Å². The average Bonchev–Trinajstić information content (AvgIpc) is 2.04. The second-order valence-electron chi connectivity index (χ2n) is 2.72. The number of fused-ring (bicyclic) bond motifs is 1. The summed E-state index contributed by atoms with van der Waals surface area (Å²) in [5.74, 6) is 1.85. The first-order valence-electron chi connectivity index (χ1n) is 3.67. The molecule has 1 heterocycles. The number of benzene rings is 1. The minimum Gasteiger partial charge on any atom is -0.293 e. The third-order valence-corrected chi connectivity index (χ3v) is 3.33. The Morgan fingerprint density at radius 3 is 3.00 bits per heavy atom. The number of hydrogen-bond donors (Lipinski definition) is 0. The summed E-state index contributed by atoms with van der Waals surface area (Å²) in [5, 5.41) is 0. The van der Waals surface area contributed by atoms with Crippen molar-refractivity contribution in [2.75, 3.05) is 5.75 Å². The van der Waals surface area contributed by atoms with E-state index >= 15 is 0 Å². The first-order chi connectivity index (χ1) is 5.77. The van der Waals surface area contributed by atoms with Crippen LogP contribution in [-0.2, 0) is 5.75 Å². The molecule has 1 aromatic rings. The second-order valence-corrected chi connectivity index (χ2v) is 4.62. The molecule has 3 heteroatoms. The van der Waals surface area contributed by atoms with Gasteiger partial charge in [0.25, 0.3) is 0 Å². The molecule has 0 aromatic heterocycles. The van der Waals surface area contributed by atoms with E-state index < -0.39 is 0 Å². The van der Waals surface area contributed by atoms with Crippen molar-refractivity contribution in [3.63, 3.8) is 0 Å². The molecule has 1 aromatic carbocycles. The maximum absolute atomic E-state index is 11.4. The molecule has 0 spiro atoms. The highest BCUT2D eigenvalue weighted by Crippen LogP contribution is 2.26. The molecule has 1 aliphatic heterocycles. The van der Waals surface area contributed by atoms with Gasteiger partial charge in [0, 0.05) is 15.8 Å². The van der Waals surface area contributed by atoms with Gasteiger partial charge in [-0.05, 0) is 23.8 Å². The molecule has 2 rings (SSSR count). The first kappa shape index (κ1) is 8.32. The average molecular weight is 243 g/mol. The van der Waals surface area contributed by atoms with Crippen LogP contribution in [0.25, 0.3) is 0 Å². The molecule has 12 heavy (non-hydrogen) atoms. The van der Waals surface area contributed by atoms with Crippen molar-refractivity contribution in [2.24, 2.45) is 0 Å². The fourth-order valence-electron chi connectivity index (χ4n) is 1.29. The lowest BCUT2D eigenvalue weighted by Gasteiger charge is -2.13. The van der Waals surface area contributed by atoms with Crippen molar-refractivity contribution in [3.8, 4) is 0 Å². The summed E-state index contributed by atoms with van der Waals surface area (Å²) in [6.07, 6.45) is 0. The largest absolute Gasteiger partial charge is 0.293 e. The quantitative estimate of drug-likeness (QED) is 0.696. The van der Waals surface area contributed by atoms with Crippen LogP contribution in [0, 0.1) is 0 Å². The molecular formula is C9H7BrOS. The van der Waals surface area contributed by atoms with E-state index in [9.17, 15) is 4.79 Å². The van der Waals surface area contributed by atoms with Crippen molar-refractivity contribution in [1.29, 1.82) is 0 Å². The summed E-state index contributed by atoms with van der Waals surface area (Å²) in [7, 11) is 0. The molecule has 62 valence electrons. The van der Waals surface area contributed by atoms with Gasteiger partial charge in [0.2, 0.25) is 0 Å². The standard InChI is InChI=1S/C9H7BrOS/c10-7-1-2-8-6(3-7)4-12-5-9(8)11/h1-3H,4-5H2. The van der Waals surface area contributed by atoms with Crippen LogP contribution in [0.2, 0.25) is 0 Å². The summed E-state index contributed by atoms with van der Waals surface area (Å²) in [6.45, 7) is 0. The van der Waals surface area contributed by atoms with Gasteiger partial charge in [0.15, 0.2) is 5.78 Å². The molecule has 0 bridgehead atoms. The van der Waals surface area contributed by atoms with E-state index in [0.717, 1.165) is 21.4 Å². The molecule has 1 aliphatic rings. The number of hydrogen-bond acceptors (Lipinski definition) is 2. The van der Waals surface area contributed by atoms with Crippen molar-refractivity contribution in [3.05, 3.63) is 33.8 Å². The van der Waals surface area contributed by atoms with Crippen LogP contribution in [0.4, 0.5) is 0 Å². The van der Waals surface area contributed by atoms with Crippen LogP contribution in [-0.4, -0.2) is 11.5 Å². The Balaban J connectivity index is 2.53. The van der Waals surface area contributed by atoms with Gasteiger partial charge < -0.3 is 0 Å². The highest BCUT2D eigenvalue weighted by atomic mass is 79.9. The Bertz CT molecular complexity index is 335. The van der Waals surface area contributed by atoms with Crippen molar-refractivity contribution >= 4 is 33.5 Å². The van der Waals surface area contributed by atoms with E-state index in [1.54, 1.807) is 11.8 Å². The van der Waals surface area contributed by atoms with Gasteiger partial charge in [-0.15, -0.1) is 11.8 Å². The number of carbonyl (C=O) groups excluding carboxylic acids is 1. The highest BCUT2D eigenvalue weighted by molar-refractivity contribution is 9.10. The Labute approximate surface area is 83.7 Å². The topological polar surface area (TPSA) is 17.1 Å². The van der Waals surface area contributed by atoms with Gasteiger partial charge in [-0.3, -0.25) is 4.79 Å². The van der Waals surface area contributed by atoms with E-state index in [0.29, 0.717) is 5.75 Å². The molecule has 0 N–H and O–H groups in total. The van der Waals surface area contributed by atoms with Crippen molar-refractivity contribution in [2.45, 2.75) is 5.75 Å². The van der Waals surface area contributed by atoms with Crippen LogP contribution in [0.3, 0.4) is 0 Å². The van der Waals surface area contributed by atoms with Crippen LogP contribution < -0.4 is 0 Å². The molecular weight excluding hydrogens is 236 g/mol. The van der Waals surface area contributed by atoms with Gasteiger partial charge >= 0.3 is 0 Å². The lowest BCUT2D eigenvalue weighted by Crippen LogP contribution is -2.11. The number of thioether (sulfide) groups is 1. The number of rotatable bonds is 0. The Hall–Kier alpha value is -0.280. The summed E-state index contributed by atoms with van der Waals surface area (Å²) < 4.78 is 1.05. The Kier molecular flexibility index (Phi) is 2.24. The number of Topliss-reactive ketones (excluding diaryl/α,β-unsaturated/α-hetero) is 1. The fourth-order valence-corrected chi connectivity index (χ4v) is 2.60. The molecule has 0 saturated carbocycles. The van der Waals surface area contributed by atoms with Crippen LogP contribution >= 0.6 is 27.7 Å². The molecule has 0 saturated heterocycles. The number of carbonyl (C=O) groups is 1. The van der Waals surface area contributed by atoms with Crippen LogP contribution in [0.1, 0.15) is 15.9 Å². The van der Waals surface area contributed by atoms with Crippen molar-refractivity contribution < 1.29 is 4.79 Å². The van der Waals surface area contributed by atoms with E-state index in [2.05, 4.69) is 15.9 Å². The maximum Gasteiger partial charge on any atom is 0.173 e. The van der Waals surface area contributed by atoms with E-state index in [-0.39, 0.29) is 5.78 Å². The highest BCUT2D eigenvalue weighted by Gasteiger charge is 2.16. The maximum atomic E-state index is 11.4. The van der Waals surface area contributed by atoms with E-state index in [1.807, 2.05) is 18.2 Å². The summed E-state index contributed by atoms with van der Waals surface area (Å²) in [4.78, 5) is 11.4. The molecule has 0 radical (unpaired) electrons. The minimum absolute atomic E-state index is 0.258. The number of halogens is 1. The normalized spacial score (nSPS) is 15.9. The van der Waals surface area contributed by atoms with Gasteiger partial charge in [0.05, 0.1) is 5.75 Å². The molecule has 1 nitrogen and oxygen atoms in total. The molecule has 0 amide bonds. The van der Waals surface area contributed by atoms with Gasteiger partial charge in [0.1, 0.15) is 0 Å². The first-order valence-corrected chi connectivity index (χ1v) is 5.61. The number of ketones is 1. The Morgan fingerprint density at radius 2 is 2.17 bits per heavy atom. The smallest absolute Gasteiger partial charge is 0.173 e. The fraction of sp³-hybridized carbons (Fsp3) is 0.222. The Morgan fingerprint density at radius 1 is 1.33 bits per heavy atom. The summed E-state index contributed by atoms with van der Waals surface area (Å²) in [6, 6.07) is 5.85. The van der Waals surface area contributed by atoms with Crippen LogP contribution in [0.5, 0.6) is 0 Å². The third-order valence-electron chi connectivity index (χ3n) is 1.86. The van der Waals surface area contributed by atoms with E-state index in [4.69, 9.17) is 0 Å². The van der Waals surface area contributed by atoms with Gasteiger partial charge in [-0.2, -0.15) is 0 Å². The predicted octanol–water partition coefficient (Wildman–Crippen LogP) is 2.88. The zero-order chi connectivity index (χ0) is 8.55. The zero-order valence-electron chi connectivity index (χ0n) is 6.34. The predicted molar refractivity (Wildman–Crippen MR) is 54.6 cm³/mol. The zero-order valence-corrected chi connectivity index (χ0v) is 8.74. The van der Waals surface area contributed by atoms with Gasteiger partial charge in [-0.25, -0.2) is 0 Å². The lowest BCUT2D eigenvalue weighted by molar-refractivity contribution is 0.102. The monoisotopic (exact) mass is 242 g/mol.